The molecule has 3 amide bonds. The fraction of sp³-hybridized carbons (Fsp3) is 0.640. The number of rotatable bonds is 8. The molecule has 3 N–H and O–H groups in total. The van der Waals surface area contributed by atoms with Crippen molar-refractivity contribution >= 4 is 30.5 Å². The molecule has 34 heavy (non-hydrogen) atoms. The number of amides is 3. The third-order valence-corrected chi connectivity index (χ3v) is 5.45. The number of thiol groups is 1. The summed E-state index contributed by atoms with van der Waals surface area (Å²) in [7, 11) is 0. The second-order valence-corrected chi connectivity index (χ2v) is 10.9. The molecule has 3 unspecified atom stereocenters. The summed E-state index contributed by atoms with van der Waals surface area (Å²) in [5, 5.41) is 16.4. The zero-order valence-corrected chi connectivity index (χ0v) is 22.7. The molecule has 0 aromatic heterocycles. The number of nitrogens with one attached hydrogen (secondary N) is 2. The van der Waals surface area contributed by atoms with Gasteiger partial charge in [-0.05, 0) is 67.4 Å². The number of aryl methyl sites for hydroxylation is 1. The summed E-state index contributed by atoms with van der Waals surface area (Å²) in [4.78, 5) is 41.2. The third-order valence-electron chi connectivity index (χ3n) is 5.08. The van der Waals surface area contributed by atoms with Gasteiger partial charge < -0.3 is 25.4 Å². The molecular formula is C25H41N3O5S. The standard InChI is InChI=1S/C25H41N3O5S/c1-10-16(3)28(22(31)18(14-34)26-23(32)33-25(7,8)9)19(21(30)27-24(4,5)6)17-13-11-12-15(2)20(17)29/h11-13,16,18-19,29,34H,10,14H2,1-9H3,(H,26,32)(H,27,30). The van der Waals surface area contributed by atoms with Gasteiger partial charge in [-0.2, -0.15) is 12.6 Å². The van der Waals surface area contributed by atoms with Gasteiger partial charge in [-0.25, -0.2) is 4.79 Å². The quantitative estimate of drug-likeness (QED) is 0.406. The minimum atomic E-state index is -1.12. The number of hydrogen-bond donors (Lipinski definition) is 4. The third kappa shape index (κ3) is 8.42. The van der Waals surface area contributed by atoms with Gasteiger partial charge in [0.25, 0.3) is 0 Å². The Kier molecular flexibility index (Phi) is 10.3. The molecule has 0 aliphatic carbocycles. The smallest absolute Gasteiger partial charge is 0.408 e. The summed E-state index contributed by atoms with van der Waals surface area (Å²) in [6, 6.07) is 2.55. The Morgan fingerprint density at radius 2 is 1.74 bits per heavy atom. The highest BCUT2D eigenvalue weighted by Crippen LogP contribution is 2.34. The SMILES string of the molecule is CCC(C)N(C(=O)C(CS)NC(=O)OC(C)(C)C)C(C(=O)NC(C)(C)C)c1cccc(C)c1O. The van der Waals surface area contributed by atoms with E-state index in [2.05, 4.69) is 23.3 Å². The number of carbonyl (C=O) groups is 3. The summed E-state index contributed by atoms with van der Waals surface area (Å²) in [5.41, 5.74) is -0.421. The Morgan fingerprint density at radius 1 is 1.15 bits per heavy atom. The molecule has 9 heteroatoms. The number of carbonyl (C=O) groups excluding carboxylic acids is 3. The Labute approximate surface area is 209 Å². The van der Waals surface area contributed by atoms with Gasteiger partial charge in [0.15, 0.2) is 0 Å². The molecule has 0 heterocycles. The Bertz CT molecular complexity index is 876. The van der Waals surface area contributed by atoms with E-state index in [-0.39, 0.29) is 17.5 Å². The average Bonchev–Trinajstić information content (AvgIpc) is 2.68. The number of phenols is 1. The van der Waals surface area contributed by atoms with Crippen LogP contribution in [0.3, 0.4) is 0 Å². The predicted molar refractivity (Wildman–Crippen MR) is 137 cm³/mol. The molecule has 0 fully saturated rings. The van der Waals surface area contributed by atoms with E-state index in [1.165, 1.54) is 4.90 Å². The first-order valence-corrected chi connectivity index (χ1v) is 12.2. The highest BCUT2D eigenvalue weighted by Gasteiger charge is 2.40. The van der Waals surface area contributed by atoms with Crippen LogP contribution >= 0.6 is 12.6 Å². The molecule has 1 aromatic carbocycles. The van der Waals surface area contributed by atoms with Gasteiger partial charge in [-0.1, -0.05) is 25.1 Å². The number of phenolic OH excluding ortho intramolecular Hbond substituents is 1. The van der Waals surface area contributed by atoms with Crippen LogP contribution < -0.4 is 10.6 Å². The highest BCUT2D eigenvalue weighted by molar-refractivity contribution is 7.80. The van der Waals surface area contributed by atoms with E-state index in [4.69, 9.17) is 4.74 Å². The van der Waals surface area contributed by atoms with Gasteiger partial charge >= 0.3 is 6.09 Å². The molecule has 3 atom stereocenters. The summed E-state index contributed by atoms with van der Waals surface area (Å²) >= 11 is 4.28. The van der Waals surface area contributed by atoms with Crippen molar-refractivity contribution in [1.82, 2.24) is 15.5 Å². The van der Waals surface area contributed by atoms with Crippen LogP contribution in [0.5, 0.6) is 5.75 Å². The van der Waals surface area contributed by atoms with Crippen LogP contribution in [0.4, 0.5) is 4.79 Å². The number of benzene rings is 1. The molecule has 192 valence electrons. The number of nitrogens with zero attached hydrogens (tertiary/aromatic N) is 1. The lowest BCUT2D eigenvalue weighted by Gasteiger charge is -2.39. The number of alkyl carbamates (subject to hydrolysis) is 1. The van der Waals surface area contributed by atoms with Crippen LogP contribution in [0.25, 0.3) is 0 Å². The Morgan fingerprint density at radius 3 is 2.21 bits per heavy atom. The van der Waals surface area contributed by atoms with E-state index in [0.717, 1.165) is 0 Å². The van der Waals surface area contributed by atoms with Crippen molar-refractivity contribution in [2.45, 2.75) is 98.0 Å². The van der Waals surface area contributed by atoms with Crippen molar-refractivity contribution in [3.63, 3.8) is 0 Å². The Hall–Kier alpha value is -2.42. The van der Waals surface area contributed by atoms with Crippen molar-refractivity contribution in [1.29, 1.82) is 0 Å². The number of para-hydroxylation sites is 1. The minimum Gasteiger partial charge on any atom is -0.507 e. The first-order chi connectivity index (χ1) is 15.5. The second kappa shape index (κ2) is 11.8. The van der Waals surface area contributed by atoms with Gasteiger partial charge in [0.05, 0.1) is 0 Å². The van der Waals surface area contributed by atoms with Crippen LogP contribution in [0.1, 0.15) is 79.0 Å². The maximum atomic E-state index is 13.8. The number of aromatic hydroxyl groups is 1. The lowest BCUT2D eigenvalue weighted by Crippen LogP contribution is -2.57. The first-order valence-electron chi connectivity index (χ1n) is 11.6. The second-order valence-electron chi connectivity index (χ2n) is 10.5. The molecule has 0 spiro atoms. The van der Waals surface area contributed by atoms with Crippen molar-refractivity contribution in [3.05, 3.63) is 29.3 Å². The normalized spacial score (nSPS) is 14.5. The lowest BCUT2D eigenvalue weighted by atomic mass is 9.96. The van der Waals surface area contributed by atoms with Gasteiger partial charge in [0.1, 0.15) is 23.4 Å². The summed E-state index contributed by atoms with van der Waals surface area (Å²) < 4.78 is 5.31. The van der Waals surface area contributed by atoms with Gasteiger partial charge in [-0.3, -0.25) is 9.59 Å². The summed E-state index contributed by atoms with van der Waals surface area (Å²) in [5.74, 6) is -0.985. The van der Waals surface area contributed by atoms with E-state index < -0.39 is 41.1 Å². The van der Waals surface area contributed by atoms with Crippen LogP contribution in [0.2, 0.25) is 0 Å². The molecule has 0 aliphatic rings. The highest BCUT2D eigenvalue weighted by atomic mass is 32.1. The molecule has 1 rings (SSSR count). The zero-order valence-electron chi connectivity index (χ0n) is 21.9. The van der Waals surface area contributed by atoms with Crippen LogP contribution in [-0.2, 0) is 14.3 Å². The fourth-order valence-electron chi connectivity index (χ4n) is 3.37. The predicted octanol–water partition coefficient (Wildman–Crippen LogP) is 4.11. The van der Waals surface area contributed by atoms with Crippen LogP contribution in [0, 0.1) is 6.92 Å². The molecule has 1 aromatic rings. The number of ether oxygens (including phenoxy) is 1. The van der Waals surface area contributed by atoms with E-state index in [9.17, 15) is 19.5 Å². The molecule has 0 bridgehead atoms. The largest absolute Gasteiger partial charge is 0.507 e. The molecule has 0 radical (unpaired) electrons. The van der Waals surface area contributed by atoms with E-state index in [0.29, 0.717) is 17.5 Å². The maximum Gasteiger partial charge on any atom is 0.408 e. The monoisotopic (exact) mass is 495 g/mol. The number of hydrogen-bond acceptors (Lipinski definition) is 6. The van der Waals surface area contributed by atoms with E-state index in [1.54, 1.807) is 45.9 Å². The Balaban J connectivity index is 3.56. The zero-order chi connectivity index (χ0) is 26.4. The molecule has 0 aliphatic heterocycles. The molecule has 8 nitrogen and oxygen atoms in total. The lowest BCUT2D eigenvalue weighted by molar-refractivity contribution is -0.145. The summed E-state index contributed by atoms with van der Waals surface area (Å²) in [6.45, 7) is 16.2. The fourth-order valence-corrected chi connectivity index (χ4v) is 3.62. The minimum absolute atomic E-state index is 0.00157. The van der Waals surface area contributed by atoms with Crippen molar-refractivity contribution in [2.75, 3.05) is 5.75 Å². The average molecular weight is 496 g/mol. The van der Waals surface area contributed by atoms with Crippen molar-refractivity contribution in [3.8, 4) is 5.75 Å². The van der Waals surface area contributed by atoms with Crippen molar-refractivity contribution in [2.24, 2.45) is 0 Å². The van der Waals surface area contributed by atoms with Gasteiger partial charge in [0, 0.05) is 22.9 Å². The van der Waals surface area contributed by atoms with E-state index in [1.807, 2.05) is 34.6 Å². The van der Waals surface area contributed by atoms with Gasteiger partial charge in [-0.15, -0.1) is 0 Å². The maximum absolute atomic E-state index is 13.8. The first kappa shape index (κ1) is 29.6. The van der Waals surface area contributed by atoms with Crippen LogP contribution in [0.15, 0.2) is 18.2 Å². The van der Waals surface area contributed by atoms with E-state index >= 15 is 0 Å². The summed E-state index contributed by atoms with van der Waals surface area (Å²) in [6.07, 6.45) is -0.207. The topological polar surface area (TPSA) is 108 Å². The molecular weight excluding hydrogens is 454 g/mol. The van der Waals surface area contributed by atoms with Crippen molar-refractivity contribution < 1.29 is 24.2 Å². The van der Waals surface area contributed by atoms with Crippen LogP contribution in [-0.4, -0.2) is 56.9 Å². The van der Waals surface area contributed by atoms with Gasteiger partial charge in [0.2, 0.25) is 11.8 Å². The molecule has 0 saturated heterocycles. The molecule has 0 saturated carbocycles.